The summed E-state index contributed by atoms with van der Waals surface area (Å²) in [7, 11) is 0. The summed E-state index contributed by atoms with van der Waals surface area (Å²) in [4.78, 5) is 12.2. The van der Waals surface area contributed by atoms with Crippen molar-refractivity contribution in [1.29, 1.82) is 0 Å². The normalized spacial score (nSPS) is 23.4. The van der Waals surface area contributed by atoms with Crippen molar-refractivity contribution >= 4 is 5.91 Å². The maximum atomic E-state index is 12.9. The predicted molar refractivity (Wildman–Crippen MR) is 80.3 cm³/mol. The molecule has 116 valence electrons. The summed E-state index contributed by atoms with van der Waals surface area (Å²) in [5.41, 5.74) is 1.04. The van der Waals surface area contributed by atoms with E-state index in [4.69, 9.17) is 5.11 Å². The van der Waals surface area contributed by atoms with Crippen molar-refractivity contribution in [1.82, 2.24) is 5.32 Å². The summed E-state index contributed by atoms with van der Waals surface area (Å²) in [6.07, 6.45) is 2.50. The number of carbonyl (C=O) groups is 1. The van der Waals surface area contributed by atoms with Gasteiger partial charge in [-0.2, -0.15) is 0 Å². The second kappa shape index (κ2) is 7.03. The van der Waals surface area contributed by atoms with Crippen molar-refractivity contribution in [3.05, 3.63) is 35.6 Å². The molecule has 2 rings (SSSR count). The molecular formula is C17H24FNO2. The second-order valence-corrected chi connectivity index (χ2v) is 6.14. The van der Waals surface area contributed by atoms with Gasteiger partial charge in [-0.1, -0.05) is 26.0 Å². The number of hydrogen-bond acceptors (Lipinski definition) is 2. The van der Waals surface area contributed by atoms with Crippen LogP contribution in [0.15, 0.2) is 24.3 Å². The minimum atomic E-state index is -0.246. The first-order chi connectivity index (χ1) is 10.0. The molecular weight excluding hydrogens is 269 g/mol. The smallest absolute Gasteiger partial charge is 0.223 e. The van der Waals surface area contributed by atoms with Crippen molar-refractivity contribution in [2.45, 2.75) is 45.1 Å². The number of hydrogen-bond donors (Lipinski definition) is 2. The van der Waals surface area contributed by atoms with Crippen LogP contribution < -0.4 is 5.32 Å². The standard InChI is InChI=1S/C17H24FNO2/c1-3-14(8-11(2)10-20)19-17(21)16-9-15(16)12-4-6-13(18)7-5-12/h4-7,11,14-16,20H,3,8-10H2,1-2H3,(H,19,21)/t11-,14+,15+,16-/m1/s1. The van der Waals surface area contributed by atoms with E-state index in [2.05, 4.69) is 5.32 Å². The van der Waals surface area contributed by atoms with Gasteiger partial charge in [-0.3, -0.25) is 4.79 Å². The van der Waals surface area contributed by atoms with E-state index < -0.39 is 0 Å². The van der Waals surface area contributed by atoms with Gasteiger partial charge in [-0.15, -0.1) is 0 Å². The molecule has 1 fully saturated rings. The Morgan fingerprint density at radius 2 is 2.10 bits per heavy atom. The van der Waals surface area contributed by atoms with Gasteiger partial charge < -0.3 is 10.4 Å². The van der Waals surface area contributed by atoms with E-state index in [0.29, 0.717) is 0 Å². The summed E-state index contributed by atoms with van der Waals surface area (Å²) < 4.78 is 12.9. The molecule has 0 radical (unpaired) electrons. The second-order valence-electron chi connectivity index (χ2n) is 6.14. The molecule has 1 amide bonds. The molecule has 1 aliphatic rings. The Kier molecular flexibility index (Phi) is 5.34. The SMILES string of the molecule is CC[C@@H](C[C@@H](C)CO)NC(=O)[C@@H]1C[C@H]1c1ccc(F)cc1. The Hall–Kier alpha value is -1.42. The summed E-state index contributed by atoms with van der Waals surface area (Å²) in [5, 5.41) is 12.2. The monoisotopic (exact) mass is 293 g/mol. The van der Waals surface area contributed by atoms with E-state index in [-0.39, 0.29) is 42.1 Å². The number of aliphatic hydroxyl groups excluding tert-OH is 1. The molecule has 4 atom stereocenters. The van der Waals surface area contributed by atoms with Crippen LogP contribution in [0.3, 0.4) is 0 Å². The Morgan fingerprint density at radius 1 is 1.43 bits per heavy atom. The molecule has 4 heteroatoms. The van der Waals surface area contributed by atoms with Crippen LogP contribution in [0, 0.1) is 17.7 Å². The molecule has 21 heavy (non-hydrogen) atoms. The quantitative estimate of drug-likeness (QED) is 0.812. The van der Waals surface area contributed by atoms with E-state index in [0.717, 1.165) is 24.8 Å². The predicted octanol–water partition coefficient (Wildman–Crippen LogP) is 2.84. The summed E-state index contributed by atoms with van der Waals surface area (Å²) in [6, 6.07) is 6.53. The number of carbonyl (C=O) groups excluding carboxylic acids is 1. The average molecular weight is 293 g/mol. The Bertz CT molecular complexity index is 474. The number of nitrogens with one attached hydrogen (secondary N) is 1. The average Bonchev–Trinajstić information content (AvgIpc) is 3.27. The van der Waals surface area contributed by atoms with Crippen LogP contribution in [-0.2, 0) is 4.79 Å². The van der Waals surface area contributed by atoms with E-state index in [1.807, 2.05) is 13.8 Å². The van der Waals surface area contributed by atoms with E-state index in [1.54, 1.807) is 12.1 Å². The molecule has 0 saturated heterocycles. The first-order valence-electron chi connectivity index (χ1n) is 7.71. The minimum absolute atomic E-state index is 0.00828. The third kappa shape index (κ3) is 4.27. The maximum absolute atomic E-state index is 12.9. The zero-order chi connectivity index (χ0) is 15.4. The summed E-state index contributed by atoms with van der Waals surface area (Å²) >= 11 is 0. The molecule has 0 aromatic heterocycles. The molecule has 1 aromatic rings. The van der Waals surface area contributed by atoms with Gasteiger partial charge >= 0.3 is 0 Å². The van der Waals surface area contributed by atoms with Crippen molar-refractivity contribution in [3.63, 3.8) is 0 Å². The fourth-order valence-corrected chi connectivity index (χ4v) is 2.76. The zero-order valence-electron chi connectivity index (χ0n) is 12.7. The van der Waals surface area contributed by atoms with Crippen LogP contribution in [0.5, 0.6) is 0 Å². The van der Waals surface area contributed by atoms with E-state index in [1.165, 1.54) is 12.1 Å². The highest BCUT2D eigenvalue weighted by Gasteiger charge is 2.44. The third-order valence-corrected chi connectivity index (χ3v) is 4.26. The van der Waals surface area contributed by atoms with Crippen LogP contribution in [0.4, 0.5) is 4.39 Å². The number of benzene rings is 1. The maximum Gasteiger partial charge on any atom is 0.223 e. The van der Waals surface area contributed by atoms with Crippen LogP contribution in [0.25, 0.3) is 0 Å². The molecule has 1 aliphatic carbocycles. The van der Waals surface area contributed by atoms with Crippen LogP contribution in [-0.4, -0.2) is 23.7 Å². The van der Waals surface area contributed by atoms with Gasteiger partial charge in [0.05, 0.1) is 0 Å². The van der Waals surface area contributed by atoms with Gasteiger partial charge in [0, 0.05) is 18.6 Å². The Morgan fingerprint density at radius 3 is 2.67 bits per heavy atom. The molecule has 0 bridgehead atoms. The van der Waals surface area contributed by atoms with Crippen molar-refractivity contribution in [2.75, 3.05) is 6.61 Å². The highest BCUT2D eigenvalue weighted by Crippen LogP contribution is 2.47. The van der Waals surface area contributed by atoms with E-state index in [9.17, 15) is 9.18 Å². The van der Waals surface area contributed by atoms with Gasteiger partial charge in [-0.25, -0.2) is 4.39 Å². The molecule has 1 saturated carbocycles. The highest BCUT2D eigenvalue weighted by molar-refractivity contribution is 5.83. The minimum Gasteiger partial charge on any atom is -0.396 e. The van der Waals surface area contributed by atoms with Crippen molar-refractivity contribution in [3.8, 4) is 0 Å². The topological polar surface area (TPSA) is 49.3 Å². The lowest BCUT2D eigenvalue weighted by Crippen LogP contribution is -2.37. The first kappa shape index (κ1) is 16.0. The largest absolute Gasteiger partial charge is 0.396 e. The highest BCUT2D eigenvalue weighted by atomic mass is 19.1. The van der Waals surface area contributed by atoms with Gasteiger partial charge in [-0.05, 0) is 48.8 Å². The zero-order valence-corrected chi connectivity index (χ0v) is 12.7. The Balaban J connectivity index is 1.86. The molecule has 0 spiro atoms. The lowest BCUT2D eigenvalue weighted by Gasteiger charge is -2.20. The Labute approximate surface area is 125 Å². The molecule has 2 N–H and O–H groups in total. The van der Waals surface area contributed by atoms with Gasteiger partial charge in [0.1, 0.15) is 5.82 Å². The summed E-state index contributed by atoms with van der Waals surface area (Å²) in [6.45, 7) is 4.17. The van der Waals surface area contributed by atoms with Crippen LogP contribution >= 0.6 is 0 Å². The fourth-order valence-electron chi connectivity index (χ4n) is 2.76. The van der Waals surface area contributed by atoms with Gasteiger partial charge in [0.2, 0.25) is 5.91 Å². The molecule has 0 heterocycles. The van der Waals surface area contributed by atoms with Crippen molar-refractivity contribution < 1.29 is 14.3 Å². The first-order valence-corrected chi connectivity index (χ1v) is 7.71. The number of halogens is 1. The number of rotatable bonds is 7. The van der Waals surface area contributed by atoms with Gasteiger partial charge in [0.25, 0.3) is 0 Å². The van der Waals surface area contributed by atoms with Crippen LogP contribution in [0.1, 0.15) is 44.6 Å². The van der Waals surface area contributed by atoms with Gasteiger partial charge in [0.15, 0.2) is 0 Å². The lowest BCUT2D eigenvalue weighted by atomic mass is 10.0. The summed E-state index contributed by atoms with van der Waals surface area (Å²) in [5.74, 6) is 0.264. The van der Waals surface area contributed by atoms with Crippen molar-refractivity contribution in [2.24, 2.45) is 11.8 Å². The molecule has 1 aromatic carbocycles. The third-order valence-electron chi connectivity index (χ3n) is 4.26. The van der Waals surface area contributed by atoms with E-state index >= 15 is 0 Å². The molecule has 0 aliphatic heterocycles. The number of amides is 1. The fraction of sp³-hybridized carbons (Fsp3) is 0.588. The lowest BCUT2D eigenvalue weighted by molar-refractivity contribution is -0.123. The number of aliphatic hydroxyl groups is 1. The molecule has 3 nitrogen and oxygen atoms in total. The molecule has 0 unspecified atom stereocenters. The van der Waals surface area contributed by atoms with Crippen LogP contribution in [0.2, 0.25) is 0 Å².